The normalized spacial score (nSPS) is 11.3. The van der Waals surface area contributed by atoms with Gasteiger partial charge in [-0.2, -0.15) is 5.26 Å². The van der Waals surface area contributed by atoms with Crippen LogP contribution in [0.3, 0.4) is 0 Å². The number of hydrogen-bond acceptors (Lipinski definition) is 3. The van der Waals surface area contributed by atoms with Gasteiger partial charge in [-0.25, -0.2) is 4.98 Å². The monoisotopic (exact) mass is 533 g/mol. The average Bonchev–Trinajstić information content (AvgIpc) is 3.07. The third-order valence-corrected chi connectivity index (χ3v) is 8.09. The molecule has 0 aliphatic heterocycles. The smallest absolute Gasteiger partial charge is 0.0991 e. The van der Waals surface area contributed by atoms with E-state index in [1.54, 1.807) is 0 Å². The van der Waals surface area contributed by atoms with Crippen LogP contribution in [0.2, 0.25) is 0 Å². The molecule has 0 amide bonds. The number of pyridine rings is 2. The highest BCUT2D eigenvalue weighted by molar-refractivity contribution is 6.04. The standard InChI is InChI=1S/C39H23N3/c40-24-25-7-9-27(10-8-25)35-22-30-4-1-2-5-31(30)23-36(35)32-15-11-26-12-16-33(21-34(26)20-32)37-18-17-29-14-13-28-6-3-19-41-38(28)39(29)42-37/h1-23H. The average molecular weight is 534 g/mol. The first-order chi connectivity index (χ1) is 20.7. The maximum Gasteiger partial charge on any atom is 0.0991 e. The Balaban J connectivity index is 1.28. The maximum absolute atomic E-state index is 9.32. The van der Waals surface area contributed by atoms with E-state index in [0.29, 0.717) is 5.56 Å². The summed E-state index contributed by atoms with van der Waals surface area (Å²) in [5.41, 5.74) is 9.03. The van der Waals surface area contributed by atoms with E-state index < -0.39 is 0 Å². The summed E-state index contributed by atoms with van der Waals surface area (Å²) in [6.07, 6.45) is 1.83. The number of nitriles is 1. The molecular formula is C39H23N3. The third kappa shape index (κ3) is 4.06. The number of hydrogen-bond donors (Lipinski definition) is 0. The SMILES string of the molecule is N#Cc1ccc(-c2cc3ccccc3cc2-c2ccc3ccc(-c4ccc5ccc6cccnc6c5n4)cc3c2)cc1. The first-order valence-corrected chi connectivity index (χ1v) is 14.0. The molecule has 0 unspecified atom stereocenters. The molecule has 8 rings (SSSR count). The van der Waals surface area contributed by atoms with Gasteiger partial charge in [0.1, 0.15) is 0 Å². The van der Waals surface area contributed by atoms with Gasteiger partial charge in [0.15, 0.2) is 0 Å². The van der Waals surface area contributed by atoms with E-state index in [1.807, 2.05) is 36.5 Å². The van der Waals surface area contributed by atoms with Crippen molar-refractivity contribution in [3.63, 3.8) is 0 Å². The van der Waals surface area contributed by atoms with Crippen LogP contribution in [0.25, 0.3) is 76.9 Å². The third-order valence-electron chi connectivity index (χ3n) is 8.09. The van der Waals surface area contributed by atoms with Crippen molar-refractivity contribution >= 4 is 43.4 Å². The number of nitrogens with zero attached hydrogens (tertiary/aromatic N) is 3. The van der Waals surface area contributed by atoms with Crippen molar-refractivity contribution in [2.24, 2.45) is 0 Å². The minimum absolute atomic E-state index is 0.658. The second kappa shape index (κ2) is 9.66. The summed E-state index contributed by atoms with van der Waals surface area (Å²) in [6.45, 7) is 0. The second-order valence-electron chi connectivity index (χ2n) is 10.6. The van der Waals surface area contributed by atoms with E-state index in [2.05, 4.69) is 114 Å². The zero-order valence-electron chi connectivity index (χ0n) is 22.6. The summed E-state index contributed by atoms with van der Waals surface area (Å²) in [7, 11) is 0. The molecular weight excluding hydrogens is 510 g/mol. The van der Waals surface area contributed by atoms with Crippen LogP contribution >= 0.6 is 0 Å². The fraction of sp³-hybridized carbons (Fsp3) is 0. The van der Waals surface area contributed by atoms with Gasteiger partial charge in [-0.15, -0.1) is 0 Å². The highest BCUT2D eigenvalue weighted by Gasteiger charge is 2.12. The van der Waals surface area contributed by atoms with Crippen molar-refractivity contribution in [2.45, 2.75) is 0 Å². The van der Waals surface area contributed by atoms with E-state index in [1.165, 1.54) is 16.2 Å². The summed E-state index contributed by atoms with van der Waals surface area (Å²) in [5, 5.41) is 16.2. The van der Waals surface area contributed by atoms with Crippen LogP contribution in [-0.4, -0.2) is 9.97 Å². The minimum atomic E-state index is 0.658. The van der Waals surface area contributed by atoms with Gasteiger partial charge >= 0.3 is 0 Å². The lowest BCUT2D eigenvalue weighted by Gasteiger charge is -2.14. The summed E-state index contributed by atoms with van der Waals surface area (Å²) >= 11 is 0. The largest absolute Gasteiger partial charge is 0.254 e. The molecule has 8 aromatic rings. The van der Waals surface area contributed by atoms with E-state index in [-0.39, 0.29) is 0 Å². The molecule has 6 aromatic carbocycles. The molecule has 42 heavy (non-hydrogen) atoms. The van der Waals surface area contributed by atoms with Gasteiger partial charge in [-0.05, 0) is 92.3 Å². The van der Waals surface area contributed by atoms with Crippen molar-refractivity contribution < 1.29 is 0 Å². The van der Waals surface area contributed by atoms with Crippen molar-refractivity contribution in [1.82, 2.24) is 9.97 Å². The maximum atomic E-state index is 9.32. The van der Waals surface area contributed by atoms with Crippen molar-refractivity contribution in [2.75, 3.05) is 0 Å². The summed E-state index contributed by atoms with van der Waals surface area (Å²) < 4.78 is 0. The van der Waals surface area contributed by atoms with Crippen molar-refractivity contribution in [1.29, 1.82) is 5.26 Å². The molecule has 0 aliphatic rings. The molecule has 0 saturated heterocycles. The Bertz CT molecular complexity index is 2360. The fourth-order valence-corrected chi connectivity index (χ4v) is 5.90. The van der Waals surface area contributed by atoms with Gasteiger partial charge in [-0.1, -0.05) is 84.9 Å². The second-order valence-corrected chi connectivity index (χ2v) is 10.6. The zero-order valence-corrected chi connectivity index (χ0v) is 22.6. The molecule has 0 saturated carbocycles. The molecule has 0 aliphatic carbocycles. The molecule has 194 valence electrons. The van der Waals surface area contributed by atoms with Gasteiger partial charge in [0.25, 0.3) is 0 Å². The number of fused-ring (bicyclic) bond motifs is 5. The molecule has 3 nitrogen and oxygen atoms in total. The Kier molecular flexibility index (Phi) is 5.52. The van der Waals surface area contributed by atoms with E-state index in [0.717, 1.165) is 60.7 Å². The molecule has 0 radical (unpaired) electrons. The molecule has 2 aromatic heterocycles. The fourth-order valence-electron chi connectivity index (χ4n) is 5.90. The van der Waals surface area contributed by atoms with Crippen LogP contribution in [0.15, 0.2) is 140 Å². The van der Waals surface area contributed by atoms with Crippen LogP contribution in [0.4, 0.5) is 0 Å². The molecule has 0 fully saturated rings. The summed E-state index contributed by atoms with van der Waals surface area (Å²) in [5.74, 6) is 0. The quantitative estimate of drug-likeness (QED) is 0.212. The van der Waals surface area contributed by atoms with Gasteiger partial charge in [0.2, 0.25) is 0 Å². The molecule has 2 heterocycles. The first kappa shape index (κ1) is 24.0. The number of rotatable bonds is 3. The highest BCUT2D eigenvalue weighted by atomic mass is 14.7. The topological polar surface area (TPSA) is 49.6 Å². The first-order valence-electron chi connectivity index (χ1n) is 14.0. The zero-order chi connectivity index (χ0) is 28.0. The van der Waals surface area contributed by atoms with Crippen molar-refractivity contribution in [3.05, 3.63) is 145 Å². The Morgan fingerprint density at radius 2 is 1.05 bits per heavy atom. The Morgan fingerprint density at radius 3 is 1.81 bits per heavy atom. The lowest BCUT2D eigenvalue weighted by Crippen LogP contribution is -1.90. The van der Waals surface area contributed by atoms with Crippen LogP contribution in [0.1, 0.15) is 5.56 Å². The Hall–Kier alpha value is -5.85. The van der Waals surface area contributed by atoms with E-state index in [9.17, 15) is 5.26 Å². The molecule has 0 atom stereocenters. The van der Waals surface area contributed by atoms with Gasteiger partial charge in [0.05, 0.1) is 28.4 Å². The molecule has 0 spiro atoms. The number of aromatic nitrogens is 2. The molecule has 0 N–H and O–H groups in total. The van der Waals surface area contributed by atoms with Crippen LogP contribution in [-0.2, 0) is 0 Å². The summed E-state index contributed by atoms with van der Waals surface area (Å²) in [6, 6.07) is 48.7. The molecule has 0 bridgehead atoms. The Morgan fingerprint density at radius 1 is 0.452 bits per heavy atom. The van der Waals surface area contributed by atoms with Gasteiger partial charge in [-0.3, -0.25) is 4.98 Å². The minimum Gasteiger partial charge on any atom is -0.254 e. The highest BCUT2D eigenvalue weighted by Crippen LogP contribution is 2.38. The van der Waals surface area contributed by atoms with Crippen LogP contribution in [0.5, 0.6) is 0 Å². The van der Waals surface area contributed by atoms with Crippen molar-refractivity contribution in [3.8, 4) is 39.6 Å². The Labute approximate surface area is 243 Å². The van der Waals surface area contributed by atoms with Crippen LogP contribution < -0.4 is 0 Å². The van der Waals surface area contributed by atoms with Crippen LogP contribution in [0, 0.1) is 11.3 Å². The van der Waals surface area contributed by atoms with Gasteiger partial charge in [0, 0.05) is 22.5 Å². The lowest BCUT2D eigenvalue weighted by atomic mass is 9.90. The van der Waals surface area contributed by atoms with Gasteiger partial charge < -0.3 is 0 Å². The predicted octanol–water partition coefficient (Wildman–Crippen LogP) is 9.96. The van der Waals surface area contributed by atoms with E-state index >= 15 is 0 Å². The number of benzene rings is 6. The van der Waals surface area contributed by atoms with E-state index in [4.69, 9.17) is 4.98 Å². The summed E-state index contributed by atoms with van der Waals surface area (Å²) in [4.78, 5) is 9.70. The molecule has 3 heteroatoms. The lowest BCUT2D eigenvalue weighted by molar-refractivity contribution is 1.37. The predicted molar refractivity (Wildman–Crippen MR) is 173 cm³/mol.